The van der Waals surface area contributed by atoms with Gasteiger partial charge >= 0.3 is 5.97 Å². The first-order valence-corrected chi connectivity index (χ1v) is 12.2. The van der Waals surface area contributed by atoms with Crippen LogP contribution in [0.3, 0.4) is 0 Å². The number of halogens is 4. The Hall–Kier alpha value is -0.700. The average molecular weight is 524 g/mol. The van der Waals surface area contributed by atoms with Gasteiger partial charge in [-0.1, -0.05) is 31.5 Å². The molecular weight excluding hydrogens is 498 g/mol. The van der Waals surface area contributed by atoms with Gasteiger partial charge in [-0.3, -0.25) is 4.79 Å². The second kappa shape index (κ2) is 6.54. The highest BCUT2D eigenvalue weighted by Crippen LogP contribution is 2.76. The lowest BCUT2D eigenvalue weighted by Gasteiger charge is -2.66. The van der Waals surface area contributed by atoms with E-state index in [1.165, 1.54) is 6.08 Å². The number of hydrogen-bond donors (Lipinski definition) is 2. The van der Waals surface area contributed by atoms with Crippen LogP contribution in [-0.2, 0) is 19.1 Å². The molecule has 33 heavy (non-hydrogen) atoms. The zero-order valence-corrected chi connectivity index (χ0v) is 20.9. The molecule has 0 aromatic heterocycles. The van der Waals surface area contributed by atoms with Crippen LogP contribution in [0.15, 0.2) is 23.6 Å². The van der Waals surface area contributed by atoms with Crippen molar-refractivity contribution in [2.45, 2.75) is 79.8 Å². The van der Waals surface area contributed by atoms with Gasteiger partial charge in [0.05, 0.1) is 5.38 Å². The molecule has 1 heterocycles. The third kappa shape index (κ3) is 2.52. The summed E-state index contributed by atoms with van der Waals surface area (Å²) in [4.78, 5) is 23.2. The minimum atomic E-state index is -2.18. The van der Waals surface area contributed by atoms with Crippen LogP contribution in [0.1, 0.15) is 47.0 Å². The zero-order chi connectivity index (χ0) is 24.6. The number of carboxylic acids is 1. The summed E-state index contributed by atoms with van der Waals surface area (Å²) in [5, 5.41) is 19.1. The number of carboxylic acid groups (broad SMARTS) is 1. The predicted molar refractivity (Wildman–Crippen MR) is 119 cm³/mol. The van der Waals surface area contributed by atoms with Gasteiger partial charge in [0.15, 0.2) is 22.3 Å². The summed E-state index contributed by atoms with van der Waals surface area (Å²) in [6, 6.07) is 0. The minimum Gasteiger partial charge on any atom is -0.479 e. The number of carbonyl (C=O) groups excluding carboxylic acids is 1. The van der Waals surface area contributed by atoms with Crippen molar-refractivity contribution in [3.05, 3.63) is 23.6 Å². The highest BCUT2D eigenvalue weighted by atomic mass is 35.5. The summed E-state index contributed by atoms with van der Waals surface area (Å²) in [7, 11) is 0. The van der Waals surface area contributed by atoms with Crippen LogP contribution in [0.5, 0.6) is 0 Å². The molecule has 6 nitrogen and oxygen atoms in total. The molecular formula is C23H26Cl3FO6. The average Bonchev–Trinajstić information content (AvgIpc) is 3.08. The molecule has 9 atom stereocenters. The number of ketones is 1. The molecule has 0 amide bonds. The van der Waals surface area contributed by atoms with Crippen molar-refractivity contribution in [3.8, 4) is 0 Å². The van der Waals surface area contributed by atoms with Crippen LogP contribution in [-0.4, -0.2) is 54.8 Å². The van der Waals surface area contributed by atoms with Crippen molar-refractivity contribution in [3.63, 3.8) is 0 Å². The molecule has 0 aromatic rings. The maximum Gasteiger partial charge on any atom is 0.339 e. The Labute approximate surface area is 206 Å². The van der Waals surface area contributed by atoms with Crippen LogP contribution in [0.4, 0.5) is 4.39 Å². The largest absolute Gasteiger partial charge is 0.479 e. The zero-order valence-electron chi connectivity index (χ0n) is 18.6. The van der Waals surface area contributed by atoms with E-state index in [0.29, 0.717) is 6.42 Å². The molecule has 0 radical (unpaired) electrons. The SMILES string of the molecule is CC1(C)O[C@@H]2C[C@H]3[C@@H]4C[C@H](Cl)C5=C(F)C(=O)C=C[C@]5(C)[C@@]4(Cl)[C@@](O)(Cl)C[C@]3(C)[C@]2(C(=O)O)O1. The maximum absolute atomic E-state index is 15.1. The second-order valence-electron chi connectivity index (χ2n) is 11.0. The molecule has 3 saturated carbocycles. The van der Waals surface area contributed by atoms with Gasteiger partial charge < -0.3 is 19.7 Å². The van der Waals surface area contributed by atoms with E-state index < -0.39 is 73.0 Å². The van der Waals surface area contributed by atoms with E-state index in [2.05, 4.69) is 0 Å². The van der Waals surface area contributed by atoms with Crippen molar-refractivity contribution < 1.29 is 33.7 Å². The molecule has 10 heteroatoms. The first kappa shape index (κ1) is 24.0. The molecule has 182 valence electrons. The van der Waals surface area contributed by atoms with Gasteiger partial charge in [-0.2, -0.15) is 0 Å². The van der Waals surface area contributed by atoms with E-state index in [1.54, 1.807) is 27.7 Å². The third-order valence-corrected chi connectivity index (χ3v) is 10.9. The normalized spacial score (nSPS) is 54.5. The van der Waals surface area contributed by atoms with Gasteiger partial charge in [0.25, 0.3) is 0 Å². The van der Waals surface area contributed by atoms with E-state index in [0.717, 1.165) is 6.08 Å². The van der Waals surface area contributed by atoms with Gasteiger partial charge in [0.2, 0.25) is 5.78 Å². The number of alkyl halides is 3. The number of allylic oxidation sites excluding steroid dienone is 4. The van der Waals surface area contributed by atoms with Crippen LogP contribution >= 0.6 is 34.8 Å². The second-order valence-corrected chi connectivity index (χ2v) is 12.7. The number of aliphatic hydroxyl groups is 1. The Balaban J connectivity index is 1.72. The number of aliphatic carboxylic acids is 1. The Bertz CT molecular complexity index is 1040. The summed E-state index contributed by atoms with van der Waals surface area (Å²) in [5.74, 6) is -5.18. The van der Waals surface area contributed by atoms with Crippen LogP contribution in [0, 0.1) is 22.7 Å². The van der Waals surface area contributed by atoms with Crippen LogP contribution in [0.25, 0.3) is 0 Å². The van der Waals surface area contributed by atoms with E-state index >= 15 is 4.39 Å². The van der Waals surface area contributed by atoms with Crippen molar-refractivity contribution in [2.75, 3.05) is 0 Å². The Morgan fingerprint density at radius 1 is 1.18 bits per heavy atom. The van der Waals surface area contributed by atoms with E-state index in [1.807, 2.05) is 0 Å². The molecule has 0 bridgehead atoms. The number of rotatable bonds is 1. The monoisotopic (exact) mass is 522 g/mol. The first-order chi connectivity index (χ1) is 15.0. The molecule has 0 unspecified atom stereocenters. The quantitative estimate of drug-likeness (QED) is 0.498. The van der Waals surface area contributed by atoms with Gasteiger partial charge in [0.1, 0.15) is 11.0 Å². The fourth-order valence-electron chi connectivity index (χ4n) is 7.84. The molecule has 5 aliphatic rings. The molecule has 4 aliphatic carbocycles. The molecule has 5 rings (SSSR count). The topological polar surface area (TPSA) is 93.1 Å². The summed E-state index contributed by atoms with van der Waals surface area (Å²) >= 11 is 20.8. The molecule has 0 spiro atoms. The summed E-state index contributed by atoms with van der Waals surface area (Å²) in [5.41, 5.74) is -4.30. The van der Waals surface area contributed by atoms with Gasteiger partial charge in [-0.25, -0.2) is 9.18 Å². The number of ether oxygens (including phenoxy) is 2. The lowest BCUT2D eigenvalue weighted by Crippen LogP contribution is -2.73. The standard InChI is InChI=1S/C23H26Cl3FO6/c1-18(2)32-14-8-10-11-7-12(24)15-16(27)13(28)5-6-19(15,3)23(11,26)21(25,31)9-20(10,4)22(14,33-18)17(29)30/h5-6,10-12,14,31H,7-9H2,1-4H3,(H,29,30)/t10-,11-,12-,14+,19-,20-,21+,22-,23+/m0/s1. The van der Waals surface area contributed by atoms with Crippen LogP contribution in [0.2, 0.25) is 0 Å². The minimum absolute atomic E-state index is 0.00497. The van der Waals surface area contributed by atoms with Crippen molar-refractivity contribution in [2.24, 2.45) is 22.7 Å². The van der Waals surface area contributed by atoms with Crippen molar-refractivity contribution in [1.29, 1.82) is 0 Å². The predicted octanol–water partition coefficient (Wildman–Crippen LogP) is 4.29. The summed E-state index contributed by atoms with van der Waals surface area (Å²) in [6.07, 6.45) is 1.91. The lowest BCUT2D eigenvalue weighted by molar-refractivity contribution is -0.234. The van der Waals surface area contributed by atoms with E-state index in [4.69, 9.17) is 44.3 Å². The lowest BCUT2D eigenvalue weighted by atomic mass is 9.45. The fraction of sp³-hybridized carbons (Fsp3) is 0.739. The smallest absolute Gasteiger partial charge is 0.339 e. The summed E-state index contributed by atoms with van der Waals surface area (Å²) in [6.45, 7) is 6.65. The Morgan fingerprint density at radius 2 is 1.82 bits per heavy atom. The molecule has 1 saturated heterocycles. The van der Waals surface area contributed by atoms with Crippen molar-refractivity contribution >= 4 is 46.6 Å². The Morgan fingerprint density at radius 3 is 2.42 bits per heavy atom. The first-order valence-electron chi connectivity index (χ1n) is 11.0. The number of hydrogen-bond acceptors (Lipinski definition) is 5. The maximum atomic E-state index is 15.1. The van der Waals surface area contributed by atoms with Gasteiger partial charge in [-0.05, 0) is 50.2 Å². The van der Waals surface area contributed by atoms with Crippen LogP contribution < -0.4 is 0 Å². The molecule has 2 N–H and O–H groups in total. The number of carbonyl (C=O) groups is 2. The molecule has 1 aliphatic heterocycles. The van der Waals surface area contributed by atoms with E-state index in [-0.39, 0.29) is 18.4 Å². The highest BCUT2D eigenvalue weighted by Gasteiger charge is 2.83. The van der Waals surface area contributed by atoms with Gasteiger partial charge in [0, 0.05) is 17.3 Å². The fourth-order valence-corrected chi connectivity index (χ4v) is 9.44. The number of fused-ring (bicyclic) bond motifs is 7. The van der Waals surface area contributed by atoms with Crippen molar-refractivity contribution in [1.82, 2.24) is 0 Å². The Kier molecular flexibility index (Phi) is 4.76. The van der Waals surface area contributed by atoms with E-state index in [9.17, 15) is 19.8 Å². The molecule has 0 aromatic carbocycles. The highest BCUT2D eigenvalue weighted by molar-refractivity contribution is 6.36. The third-order valence-electron chi connectivity index (χ3n) is 9.00. The molecule has 4 fully saturated rings. The summed E-state index contributed by atoms with van der Waals surface area (Å²) < 4.78 is 27.2. The van der Waals surface area contributed by atoms with Gasteiger partial charge in [-0.15, -0.1) is 23.2 Å².